The molecule has 1 aromatic heterocycles. The lowest BCUT2D eigenvalue weighted by Crippen LogP contribution is -2.42. The predicted octanol–water partition coefficient (Wildman–Crippen LogP) is 2.79. The number of aromatic nitrogens is 1. The molecule has 1 aromatic carbocycles. The van der Waals surface area contributed by atoms with Gasteiger partial charge in [-0.25, -0.2) is 0 Å². The molecule has 0 spiro atoms. The van der Waals surface area contributed by atoms with Crippen LogP contribution in [0.2, 0.25) is 0 Å². The largest absolute Gasteiger partial charge is 0.349 e. The van der Waals surface area contributed by atoms with Gasteiger partial charge in [0.1, 0.15) is 0 Å². The molecule has 2 aromatic rings. The van der Waals surface area contributed by atoms with Crippen molar-refractivity contribution in [1.82, 2.24) is 15.6 Å². The molecule has 21 heavy (non-hydrogen) atoms. The summed E-state index contributed by atoms with van der Waals surface area (Å²) in [6.45, 7) is 3.85. The molecular weight excluding hydrogens is 330 g/mol. The number of rotatable bonds is 2. The Morgan fingerprint density at radius 3 is 2.86 bits per heavy atom. The number of fused-ring (bicyclic) bond motifs is 1. The summed E-state index contributed by atoms with van der Waals surface area (Å²) < 4.78 is 0.970. The number of aryl methyl sites for hydroxylation is 1. The van der Waals surface area contributed by atoms with Crippen LogP contribution in [-0.4, -0.2) is 30.0 Å². The second kappa shape index (κ2) is 6.12. The highest BCUT2D eigenvalue weighted by molar-refractivity contribution is 9.10. The number of nitrogens with one attached hydrogen (secondary N) is 2. The lowest BCUT2D eigenvalue weighted by molar-refractivity contribution is 0.0931. The second-order valence-electron chi connectivity index (χ2n) is 5.47. The summed E-state index contributed by atoms with van der Waals surface area (Å²) in [6, 6.07) is 7.97. The number of nitrogens with zero attached hydrogens (tertiary/aromatic N) is 1. The van der Waals surface area contributed by atoms with Gasteiger partial charge < -0.3 is 10.6 Å². The Morgan fingerprint density at radius 2 is 2.10 bits per heavy atom. The first-order valence-corrected chi connectivity index (χ1v) is 8.01. The SMILES string of the molecule is Cc1cc(C(=O)NC2CCNCC2)c2ccc(Br)cc2n1. The molecule has 0 aliphatic carbocycles. The summed E-state index contributed by atoms with van der Waals surface area (Å²) >= 11 is 3.45. The molecule has 2 N–H and O–H groups in total. The van der Waals surface area contributed by atoms with E-state index in [9.17, 15) is 4.79 Å². The van der Waals surface area contributed by atoms with E-state index in [-0.39, 0.29) is 11.9 Å². The molecule has 0 bridgehead atoms. The molecule has 110 valence electrons. The van der Waals surface area contributed by atoms with E-state index in [0.717, 1.165) is 47.0 Å². The maximum absolute atomic E-state index is 12.6. The molecule has 2 heterocycles. The van der Waals surface area contributed by atoms with Gasteiger partial charge in [-0.15, -0.1) is 0 Å². The van der Waals surface area contributed by atoms with Gasteiger partial charge in [-0.2, -0.15) is 0 Å². The summed E-state index contributed by atoms with van der Waals surface area (Å²) in [5.74, 6) is -0.000257. The number of amides is 1. The molecule has 0 radical (unpaired) electrons. The Bertz CT molecular complexity index is 675. The standard InChI is InChI=1S/C16H18BrN3O/c1-10-8-14(13-3-2-11(17)9-15(13)19-10)16(21)20-12-4-6-18-7-5-12/h2-3,8-9,12,18H,4-7H2,1H3,(H,20,21). The van der Waals surface area contributed by atoms with Crippen molar-refractivity contribution in [2.75, 3.05) is 13.1 Å². The van der Waals surface area contributed by atoms with Crippen molar-refractivity contribution in [2.45, 2.75) is 25.8 Å². The fourth-order valence-corrected chi connectivity index (χ4v) is 3.10. The zero-order valence-electron chi connectivity index (χ0n) is 11.9. The Hall–Kier alpha value is -1.46. The monoisotopic (exact) mass is 347 g/mol. The van der Waals surface area contributed by atoms with Crippen LogP contribution in [-0.2, 0) is 0 Å². The Balaban J connectivity index is 1.93. The Labute approximate surface area is 132 Å². The van der Waals surface area contributed by atoms with Crippen molar-refractivity contribution in [3.8, 4) is 0 Å². The van der Waals surface area contributed by atoms with E-state index in [0.29, 0.717) is 5.56 Å². The van der Waals surface area contributed by atoms with E-state index in [4.69, 9.17) is 0 Å². The molecule has 0 unspecified atom stereocenters. The summed E-state index contributed by atoms with van der Waals surface area (Å²) in [5, 5.41) is 7.36. The zero-order chi connectivity index (χ0) is 14.8. The van der Waals surface area contributed by atoms with Crippen LogP contribution in [0.3, 0.4) is 0 Å². The van der Waals surface area contributed by atoms with Crippen molar-refractivity contribution < 1.29 is 4.79 Å². The lowest BCUT2D eigenvalue weighted by Gasteiger charge is -2.24. The molecule has 1 aliphatic heterocycles. The van der Waals surface area contributed by atoms with Gasteiger partial charge in [0, 0.05) is 21.6 Å². The third-order valence-corrected chi connectivity index (χ3v) is 4.31. The van der Waals surface area contributed by atoms with Crippen LogP contribution in [0.5, 0.6) is 0 Å². The highest BCUT2D eigenvalue weighted by atomic mass is 79.9. The summed E-state index contributed by atoms with van der Waals surface area (Å²) in [7, 11) is 0. The van der Waals surface area contributed by atoms with Crippen LogP contribution in [0, 0.1) is 6.92 Å². The third-order valence-electron chi connectivity index (χ3n) is 3.82. The van der Waals surface area contributed by atoms with Crippen molar-refractivity contribution in [3.63, 3.8) is 0 Å². The summed E-state index contributed by atoms with van der Waals surface area (Å²) in [6.07, 6.45) is 1.97. The van der Waals surface area contributed by atoms with Crippen molar-refractivity contribution in [1.29, 1.82) is 0 Å². The third kappa shape index (κ3) is 3.24. The first-order chi connectivity index (χ1) is 10.1. The topological polar surface area (TPSA) is 54.0 Å². The minimum atomic E-state index is -0.000257. The number of hydrogen-bond acceptors (Lipinski definition) is 3. The molecule has 5 heteroatoms. The van der Waals surface area contributed by atoms with Gasteiger partial charge in [0.25, 0.3) is 5.91 Å². The van der Waals surface area contributed by atoms with Crippen LogP contribution in [0.1, 0.15) is 28.9 Å². The van der Waals surface area contributed by atoms with E-state index >= 15 is 0 Å². The maximum Gasteiger partial charge on any atom is 0.252 e. The highest BCUT2D eigenvalue weighted by Crippen LogP contribution is 2.22. The minimum absolute atomic E-state index is 0.000257. The van der Waals surface area contributed by atoms with Gasteiger partial charge in [0.15, 0.2) is 0 Å². The fourth-order valence-electron chi connectivity index (χ4n) is 2.75. The van der Waals surface area contributed by atoms with E-state index in [1.165, 1.54) is 0 Å². The van der Waals surface area contributed by atoms with Crippen molar-refractivity contribution in [3.05, 3.63) is 40.0 Å². The van der Waals surface area contributed by atoms with Crippen molar-refractivity contribution >= 4 is 32.7 Å². The van der Waals surface area contributed by atoms with Crippen LogP contribution in [0.15, 0.2) is 28.7 Å². The van der Waals surface area contributed by atoms with Gasteiger partial charge in [-0.05, 0) is 51.1 Å². The number of carbonyl (C=O) groups is 1. The smallest absolute Gasteiger partial charge is 0.252 e. The second-order valence-corrected chi connectivity index (χ2v) is 6.39. The molecule has 0 atom stereocenters. The number of halogens is 1. The summed E-state index contributed by atoms with van der Waals surface area (Å²) in [4.78, 5) is 17.1. The number of piperidine rings is 1. The minimum Gasteiger partial charge on any atom is -0.349 e. The first kappa shape index (κ1) is 14.5. The van der Waals surface area contributed by atoms with Crippen LogP contribution in [0.25, 0.3) is 10.9 Å². The molecule has 4 nitrogen and oxygen atoms in total. The molecule has 1 aliphatic rings. The van der Waals surface area contributed by atoms with Gasteiger partial charge in [0.05, 0.1) is 11.1 Å². The predicted molar refractivity (Wildman–Crippen MR) is 87.5 cm³/mol. The van der Waals surface area contributed by atoms with Gasteiger partial charge >= 0.3 is 0 Å². The molecule has 1 saturated heterocycles. The highest BCUT2D eigenvalue weighted by Gasteiger charge is 2.18. The Morgan fingerprint density at radius 1 is 1.33 bits per heavy atom. The molecule has 1 amide bonds. The zero-order valence-corrected chi connectivity index (χ0v) is 13.5. The van der Waals surface area contributed by atoms with Crippen LogP contribution >= 0.6 is 15.9 Å². The lowest BCUT2D eigenvalue weighted by atomic mass is 10.0. The number of benzene rings is 1. The molecule has 3 rings (SSSR count). The summed E-state index contributed by atoms with van der Waals surface area (Å²) in [5.41, 5.74) is 2.42. The maximum atomic E-state index is 12.6. The van der Waals surface area contributed by atoms with Crippen molar-refractivity contribution in [2.24, 2.45) is 0 Å². The van der Waals surface area contributed by atoms with Gasteiger partial charge in [-0.1, -0.05) is 22.0 Å². The number of hydrogen-bond donors (Lipinski definition) is 2. The van der Waals surface area contributed by atoms with E-state index in [2.05, 4.69) is 31.5 Å². The first-order valence-electron chi connectivity index (χ1n) is 7.22. The van der Waals surface area contributed by atoms with E-state index in [1.54, 1.807) is 0 Å². The fraction of sp³-hybridized carbons (Fsp3) is 0.375. The van der Waals surface area contributed by atoms with Crippen LogP contribution in [0.4, 0.5) is 0 Å². The average molecular weight is 348 g/mol. The number of pyridine rings is 1. The number of carbonyl (C=O) groups excluding carboxylic acids is 1. The average Bonchev–Trinajstić information content (AvgIpc) is 2.47. The van der Waals surface area contributed by atoms with Gasteiger partial charge in [0.2, 0.25) is 0 Å². The molecule has 1 fully saturated rings. The molecular formula is C16H18BrN3O. The molecule has 0 saturated carbocycles. The Kier molecular flexibility index (Phi) is 4.22. The normalized spacial score (nSPS) is 16.1. The van der Waals surface area contributed by atoms with Crippen LogP contribution < -0.4 is 10.6 Å². The quantitative estimate of drug-likeness (QED) is 0.878. The van der Waals surface area contributed by atoms with Gasteiger partial charge in [-0.3, -0.25) is 9.78 Å². The van der Waals surface area contributed by atoms with E-state index < -0.39 is 0 Å². The van der Waals surface area contributed by atoms with E-state index in [1.807, 2.05) is 31.2 Å².